The van der Waals surface area contributed by atoms with Gasteiger partial charge in [0.15, 0.2) is 0 Å². The van der Waals surface area contributed by atoms with Gasteiger partial charge in [-0.3, -0.25) is 9.59 Å². The molecule has 3 amide bonds. The van der Waals surface area contributed by atoms with Gasteiger partial charge < -0.3 is 40.3 Å². The molecule has 2 fully saturated rings. The Kier molecular flexibility index (Phi) is 13.1. The molecule has 2 aliphatic rings. The van der Waals surface area contributed by atoms with Crippen molar-refractivity contribution in [1.82, 2.24) is 40.8 Å². The molecule has 284 valence electrons. The molecule has 0 radical (unpaired) electrons. The molecule has 0 saturated carbocycles. The number of halogens is 1. The SMILES string of the molecule is CNCC(=O)NCCCCc1ncc(-c2ccc(C#Cc3ccc(-c4cnc(C5CCCN5C(=O)C(NC(=O)OC)C5CCOCC5)[nH]4)cc3)cc2F)[nH]1. The fraction of sp³-hybridized carbons (Fsp3) is 0.425. The molecule has 54 heavy (non-hydrogen) atoms. The summed E-state index contributed by atoms with van der Waals surface area (Å²) >= 11 is 0. The van der Waals surface area contributed by atoms with E-state index in [2.05, 4.69) is 47.7 Å². The highest BCUT2D eigenvalue weighted by molar-refractivity contribution is 5.86. The highest BCUT2D eigenvalue weighted by Gasteiger charge is 2.40. The van der Waals surface area contributed by atoms with Crippen LogP contribution < -0.4 is 16.0 Å². The molecule has 2 saturated heterocycles. The maximum absolute atomic E-state index is 15.2. The number of H-pyrrole nitrogens is 2. The standard InChI is InChI=1S/C40H47FN8O5/c1-42-25-36(50)43-18-4-3-7-35-44-24-33(46-35)30-15-12-27(22-31(30)41)9-8-26-10-13-28(14-11-26)32-23-45-38(47-32)34-6-5-19-49(34)39(51)37(48-40(52)53-2)29-16-20-54-21-17-29/h10-15,22-24,29,34,37,42H,3-7,16-21,25H2,1-2H3,(H,43,50)(H,44,46)(H,45,47)(H,48,52). The molecule has 13 nitrogen and oxygen atoms in total. The number of ether oxygens (including phenoxy) is 2. The summed E-state index contributed by atoms with van der Waals surface area (Å²) in [6.45, 7) is 2.58. The number of benzene rings is 2. The lowest BCUT2D eigenvalue weighted by atomic mass is 9.90. The van der Waals surface area contributed by atoms with Gasteiger partial charge in [-0.05, 0) is 87.4 Å². The molecular formula is C40H47FN8O5. The number of amides is 3. The van der Waals surface area contributed by atoms with Gasteiger partial charge in [-0.2, -0.15) is 0 Å². The Morgan fingerprint density at radius 3 is 2.52 bits per heavy atom. The summed E-state index contributed by atoms with van der Waals surface area (Å²) in [4.78, 5) is 55.1. The summed E-state index contributed by atoms with van der Waals surface area (Å²) in [6, 6.07) is 11.7. The van der Waals surface area contributed by atoms with Crippen LogP contribution in [0.15, 0.2) is 54.9 Å². The van der Waals surface area contributed by atoms with E-state index in [9.17, 15) is 14.4 Å². The number of likely N-dealkylation sites (N-methyl/N-ethyl adjacent to an activating group) is 1. The molecule has 14 heteroatoms. The molecule has 2 atom stereocenters. The number of rotatable bonds is 13. The number of hydrogen-bond donors (Lipinski definition) is 5. The molecule has 4 heterocycles. The number of carbonyl (C=O) groups excluding carboxylic acids is 3. The summed E-state index contributed by atoms with van der Waals surface area (Å²) in [7, 11) is 3.03. The van der Waals surface area contributed by atoms with Crippen molar-refractivity contribution < 1.29 is 28.2 Å². The molecule has 0 aliphatic carbocycles. The first-order valence-electron chi connectivity index (χ1n) is 18.5. The van der Waals surface area contributed by atoms with Gasteiger partial charge in [0.1, 0.15) is 23.5 Å². The number of carbonyl (C=O) groups is 3. The maximum atomic E-state index is 15.2. The average molecular weight is 739 g/mol. The Morgan fingerprint density at radius 1 is 1.00 bits per heavy atom. The molecule has 4 aromatic rings. The van der Waals surface area contributed by atoms with Crippen molar-refractivity contribution in [2.75, 3.05) is 47.0 Å². The minimum atomic E-state index is -0.693. The topological polar surface area (TPSA) is 166 Å². The van der Waals surface area contributed by atoms with Gasteiger partial charge in [0, 0.05) is 49.4 Å². The Hall–Kier alpha value is -5.52. The van der Waals surface area contributed by atoms with Gasteiger partial charge in [0.05, 0.1) is 43.5 Å². The zero-order valence-electron chi connectivity index (χ0n) is 30.7. The molecule has 0 spiro atoms. The van der Waals surface area contributed by atoms with Crippen molar-refractivity contribution in [3.8, 4) is 34.4 Å². The number of unbranched alkanes of at least 4 members (excludes halogenated alkanes) is 1. The average Bonchev–Trinajstić information content (AvgIpc) is 3.98. The fourth-order valence-electron chi connectivity index (χ4n) is 6.95. The van der Waals surface area contributed by atoms with Crippen LogP contribution in [0.1, 0.15) is 67.3 Å². The third-order valence-electron chi connectivity index (χ3n) is 9.84. The van der Waals surface area contributed by atoms with E-state index in [1.54, 1.807) is 31.6 Å². The lowest BCUT2D eigenvalue weighted by Gasteiger charge is -2.34. The van der Waals surface area contributed by atoms with Crippen molar-refractivity contribution in [3.05, 3.63) is 83.5 Å². The van der Waals surface area contributed by atoms with Gasteiger partial charge in [-0.25, -0.2) is 19.2 Å². The lowest BCUT2D eigenvalue weighted by Crippen LogP contribution is -2.53. The maximum Gasteiger partial charge on any atom is 0.407 e. The molecule has 2 unspecified atom stereocenters. The Bertz CT molecular complexity index is 1960. The van der Waals surface area contributed by atoms with Gasteiger partial charge >= 0.3 is 6.09 Å². The number of alkyl carbamates (subject to hydrolysis) is 1. The van der Waals surface area contributed by atoms with E-state index in [1.807, 2.05) is 29.2 Å². The summed E-state index contributed by atoms with van der Waals surface area (Å²) < 4.78 is 25.5. The molecule has 2 aliphatic heterocycles. The van der Waals surface area contributed by atoms with Crippen LogP contribution in [0.5, 0.6) is 0 Å². The number of methoxy groups -OCH3 is 1. The second-order valence-electron chi connectivity index (χ2n) is 13.5. The number of imidazole rings is 2. The van der Waals surface area contributed by atoms with Crippen molar-refractivity contribution in [2.45, 2.75) is 57.0 Å². The fourth-order valence-corrected chi connectivity index (χ4v) is 6.95. The minimum absolute atomic E-state index is 0.0309. The molecule has 2 aromatic heterocycles. The minimum Gasteiger partial charge on any atom is -0.453 e. The number of aromatic nitrogens is 4. The second-order valence-corrected chi connectivity index (χ2v) is 13.5. The van der Waals surface area contributed by atoms with Gasteiger partial charge in [0.2, 0.25) is 11.8 Å². The number of likely N-dealkylation sites (tertiary alicyclic amines) is 1. The van der Waals surface area contributed by atoms with Crippen LogP contribution in [-0.4, -0.2) is 95.8 Å². The highest BCUT2D eigenvalue weighted by Crippen LogP contribution is 2.34. The zero-order valence-corrected chi connectivity index (χ0v) is 30.7. The molecule has 0 bridgehead atoms. The second kappa shape index (κ2) is 18.5. The van der Waals surface area contributed by atoms with Crippen LogP contribution in [0.25, 0.3) is 22.5 Å². The van der Waals surface area contributed by atoms with Crippen LogP contribution in [0.3, 0.4) is 0 Å². The number of aryl methyl sites for hydroxylation is 1. The smallest absolute Gasteiger partial charge is 0.407 e. The normalized spacial score (nSPS) is 16.4. The Morgan fingerprint density at radius 2 is 1.76 bits per heavy atom. The van der Waals surface area contributed by atoms with Gasteiger partial charge in [-0.15, -0.1) is 0 Å². The molecule has 2 aromatic carbocycles. The monoisotopic (exact) mass is 738 g/mol. The number of nitrogens with one attached hydrogen (secondary N) is 5. The number of hydrogen-bond acceptors (Lipinski definition) is 8. The molecule has 6 rings (SSSR count). The van der Waals surface area contributed by atoms with E-state index >= 15 is 4.39 Å². The van der Waals surface area contributed by atoms with Crippen molar-refractivity contribution in [2.24, 2.45) is 5.92 Å². The van der Waals surface area contributed by atoms with Crippen molar-refractivity contribution >= 4 is 17.9 Å². The lowest BCUT2D eigenvalue weighted by molar-refractivity contribution is -0.136. The summed E-state index contributed by atoms with van der Waals surface area (Å²) in [5.41, 5.74) is 4.06. The quantitative estimate of drug-likeness (QED) is 0.0990. The van der Waals surface area contributed by atoms with Gasteiger partial charge in [0.25, 0.3) is 0 Å². The third-order valence-corrected chi connectivity index (χ3v) is 9.84. The van der Waals surface area contributed by atoms with Crippen LogP contribution >= 0.6 is 0 Å². The predicted octanol–water partition coefficient (Wildman–Crippen LogP) is 4.48. The van der Waals surface area contributed by atoms with Gasteiger partial charge in [-0.1, -0.05) is 24.0 Å². The van der Waals surface area contributed by atoms with Crippen LogP contribution in [0.2, 0.25) is 0 Å². The molecule has 5 N–H and O–H groups in total. The van der Waals surface area contributed by atoms with Crippen LogP contribution in [0.4, 0.5) is 9.18 Å². The van der Waals surface area contributed by atoms with E-state index in [-0.39, 0.29) is 23.8 Å². The van der Waals surface area contributed by atoms with E-state index in [0.717, 1.165) is 48.3 Å². The van der Waals surface area contributed by atoms with E-state index in [0.29, 0.717) is 74.8 Å². The summed E-state index contributed by atoms with van der Waals surface area (Å²) in [5, 5.41) is 8.46. The predicted molar refractivity (Wildman–Crippen MR) is 200 cm³/mol. The van der Waals surface area contributed by atoms with E-state index in [4.69, 9.17) is 9.47 Å². The van der Waals surface area contributed by atoms with E-state index < -0.39 is 18.0 Å². The highest BCUT2D eigenvalue weighted by atomic mass is 19.1. The number of aromatic amines is 2. The first-order valence-corrected chi connectivity index (χ1v) is 18.5. The largest absolute Gasteiger partial charge is 0.453 e. The Labute approximate surface area is 314 Å². The summed E-state index contributed by atoms with van der Waals surface area (Å²) in [6.07, 6.45) is 8.09. The summed E-state index contributed by atoms with van der Waals surface area (Å²) in [5.74, 6) is 7.05. The Balaban J connectivity index is 1.05. The van der Waals surface area contributed by atoms with Crippen molar-refractivity contribution in [1.29, 1.82) is 0 Å². The first kappa shape index (κ1) is 38.2. The first-order chi connectivity index (χ1) is 26.3. The zero-order chi connectivity index (χ0) is 37.9. The van der Waals surface area contributed by atoms with Crippen LogP contribution in [0, 0.1) is 23.6 Å². The van der Waals surface area contributed by atoms with Crippen molar-refractivity contribution in [3.63, 3.8) is 0 Å². The third kappa shape index (κ3) is 9.71. The van der Waals surface area contributed by atoms with E-state index in [1.165, 1.54) is 13.2 Å². The molecular weight excluding hydrogens is 691 g/mol. The van der Waals surface area contributed by atoms with Crippen LogP contribution in [-0.2, 0) is 25.5 Å². The number of nitrogens with zero attached hydrogens (tertiary/aromatic N) is 3.